The Morgan fingerprint density at radius 3 is 2.86 bits per heavy atom. The topological polar surface area (TPSA) is 90.6 Å². The molecule has 1 heterocycles. The first-order valence-corrected chi connectivity index (χ1v) is 7.91. The minimum absolute atomic E-state index is 0.0733. The van der Waals surface area contributed by atoms with E-state index in [0.717, 1.165) is 18.4 Å². The van der Waals surface area contributed by atoms with Crippen LogP contribution in [0.5, 0.6) is 0 Å². The molecule has 1 aliphatic rings. The normalized spacial score (nSPS) is 14.0. The molecule has 0 unspecified atom stereocenters. The zero-order chi connectivity index (χ0) is 15.2. The minimum Gasteiger partial charge on any atom is -0.462 e. The molecule has 1 fully saturated rings. The Bertz CT molecular complexity index is 511. The molecule has 0 saturated heterocycles. The molecule has 1 aromatic rings. The maximum atomic E-state index is 12.1. The Morgan fingerprint density at radius 1 is 1.48 bits per heavy atom. The van der Waals surface area contributed by atoms with Gasteiger partial charge in [0.05, 0.1) is 18.8 Å². The zero-order valence-corrected chi connectivity index (χ0v) is 12.8. The van der Waals surface area contributed by atoms with Gasteiger partial charge in [-0.3, -0.25) is 4.79 Å². The van der Waals surface area contributed by atoms with Gasteiger partial charge in [0.15, 0.2) is 0 Å². The third kappa shape index (κ3) is 4.26. The number of hydrogen-bond donors (Lipinski definition) is 2. The molecule has 6 nitrogen and oxygen atoms in total. The molecule has 7 heteroatoms. The molecule has 0 aliphatic heterocycles. The number of carbonyl (C=O) groups is 2. The van der Waals surface area contributed by atoms with E-state index in [9.17, 15) is 9.59 Å². The zero-order valence-electron chi connectivity index (χ0n) is 12.0. The number of esters is 1. The molecule has 1 aliphatic carbocycles. The van der Waals surface area contributed by atoms with E-state index >= 15 is 0 Å². The summed E-state index contributed by atoms with van der Waals surface area (Å²) < 4.78 is 10.2. The second-order valence-electron chi connectivity index (χ2n) is 4.78. The van der Waals surface area contributed by atoms with Crippen molar-refractivity contribution >= 4 is 28.2 Å². The predicted octanol–water partition coefficient (Wildman–Crippen LogP) is 1.72. The van der Waals surface area contributed by atoms with Gasteiger partial charge in [0.25, 0.3) is 5.91 Å². The third-order valence-electron chi connectivity index (χ3n) is 3.06. The highest BCUT2D eigenvalue weighted by atomic mass is 32.1. The smallest absolute Gasteiger partial charge is 0.341 e. The van der Waals surface area contributed by atoms with Crippen LogP contribution in [0, 0.1) is 0 Å². The number of carbonyl (C=O) groups excluding carboxylic acids is 2. The van der Waals surface area contributed by atoms with Gasteiger partial charge in [-0.1, -0.05) is 0 Å². The number of anilines is 1. The van der Waals surface area contributed by atoms with Crippen molar-refractivity contribution in [2.24, 2.45) is 5.73 Å². The Kier molecular flexibility index (Phi) is 5.72. The quantitative estimate of drug-likeness (QED) is 0.563. The van der Waals surface area contributed by atoms with Crippen LogP contribution in [0.15, 0.2) is 5.38 Å². The standard InChI is InChI=1S/C14H20N2O4S/c1-2-20-14(18)12-10(9-3-4-9)8-21-13(12)16-11(17)7-19-6-5-15/h8-9H,2-7,15H2,1H3,(H,16,17). The molecule has 3 N–H and O–H groups in total. The fraction of sp³-hybridized carbons (Fsp3) is 0.571. The summed E-state index contributed by atoms with van der Waals surface area (Å²) >= 11 is 1.35. The van der Waals surface area contributed by atoms with Crippen LogP contribution >= 0.6 is 11.3 Å². The lowest BCUT2D eigenvalue weighted by Crippen LogP contribution is -2.21. The van der Waals surface area contributed by atoms with Crippen molar-refractivity contribution in [1.82, 2.24) is 0 Å². The second kappa shape index (κ2) is 7.53. The first-order chi connectivity index (χ1) is 10.2. The number of nitrogens with two attached hydrogens (primary N) is 1. The Hall–Kier alpha value is -1.44. The number of hydrogen-bond acceptors (Lipinski definition) is 6. The van der Waals surface area contributed by atoms with Gasteiger partial charge < -0.3 is 20.5 Å². The van der Waals surface area contributed by atoms with Crippen LogP contribution in [0.1, 0.15) is 41.6 Å². The van der Waals surface area contributed by atoms with E-state index < -0.39 is 0 Å². The van der Waals surface area contributed by atoms with Crippen LogP contribution in [0.4, 0.5) is 5.00 Å². The average Bonchev–Trinajstić information content (AvgIpc) is 3.21. The average molecular weight is 312 g/mol. The van der Waals surface area contributed by atoms with Crippen LogP contribution in [0.25, 0.3) is 0 Å². The molecule has 1 amide bonds. The number of nitrogens with one attached hydrogen (secondary N) is 1. The highest BCUT2D eigenvalue weighted by Crippen LogP contribution is 2.46. The number of thiophene rings is 1. The van der Waals surface area contributed by atoms with Crippen molar-refractivity contribution in [2.75, 3.05) is 31.7 Å². The van der Waals surface area contributed by atoms with Gasteiger partial charge in [-0.2, -0.15) is 0 Å². The van der Waals surface area contributed by atoms with E-state index in [1.807, 2.05) is 5.38 Å². The molecular formula is C14H20N2O4S. The fourth-order valence-electron chi connectivity index (χ4n) is 1.98. The first kappa shape index (κ1) is 15.9. The van der Waals surface area contributed by atoms with Gasteiger partial charge >= 0.3 is 5.97 Å². The molecule has 116 valence electrons. The van der Waals surface area contributed by atoms with Gasteiger partial charge in [-0.05, 0) is 36.6 Å². The summed E-state index contributed by atoms with van der Waals surface area (Å²) in [4.78, 5) is 23.9. The summed E-state index contributed by atoms with van der Waals surface area (Å²) in [6, 6.07) is 0. The number of rotatable bonds is 8. The summed E-state index contributed by atoms with van der Waals surface area (Å²) in [5.41, 5.74) is 6.77. The third-order valence-corrected chi connectivity index (χ3v) is 3.98. The maximum absolute atomic E-state index is 12.1. The van der Waals surface area contributed by atoms with Crippen molar-refractivity contribution in [2.45, 2.75) is 25.7 Å². The monoisotopic (exact) mass is 312 g/mol. The van der Waals surface area contributed by atoms with Crippen molar-refractivity contribution < 1.29 is 19.1 Å². The van der Waals surface area contributed by atoms with Crippen LogP contribution in [-0.4, -0.2) is 38.2 Å². The Morgan fingerprint density at radius 2 is 2.24 bits per heavy atom. The van der Waals surface area contributed by atoms with Crippen molar-refractivity contribution in [1.29, 1.82) is 0 Å². The molecule has 0 spiro atoms. The fourth-order valence-corrected chi connectivity index (χ4v) is 3.03. The lowest BCUT2D eigenvalue weighted by molar-refractivity contribution is -0.120. The molecule has 2 rings (SSSR count). The number of ether oxygens (including phenoxy) is 2. The Labute approximate surface area is 127 Å². The van der Waals surface area contributed by atoms with Gasteiger partial charge in [0, 0.05) is 6.54 Å². The minimum atomic E-state index is -0.376. The highest BCUT2D eigenvalue weighted by Gasteiger charge is 2.32. The van der Waals surface area contributed by atoms with Crippen LogP contribution in [0.3, 0.4) is 0 Å². The van der Waals surface area contributed by atoms with E-state index in [1.165, 1.54) is 11.3 Å². The summed E-state index contributed by atoms with van der Waals surface area (Å²) in [7, 11) is 0. The largest absolute Gasteiger partial charge is 0.462 e. The van der Waals surface area contributed by atoms with Crippen molar-refractivity contribution in [3.63, 3.8) is 0 Å². The number of amides is 1. The van der Waals surface area contributed by atoms with Crippen LogP contribution in [-0.2, 0) is 14.3 Å². The van der Waals surface area contributed by atoms with E-state index in [-0.39, 0.29) is 18.5 Å². The van der Waals surface area contributed by atoms with E-state index in [2.05, 4.69) is 5.32 Å². The summed E-state index contributed by atoms with van der Waals surface area (Å²) in [6.07, 6.45) is 2.16. The van der Waals surface area contributed by atoms with E-state index in [4.69, 9.17) is 15.2 Å². The summed E-state index contributed by atoms with van der Waals surface area (Å²) in [6.45, 7) is 2.70. The molecule has 1 saturated carbocycles. The van der Waals surface area contributed by atoms with Crippen LogP contribution in [0.2, 0.25) is 0 Å². The van der Waals surface area contributed by atoms with Crippen molar-refractivity contribution in [3.8, 4) is 0 Å². The Balaban J connectivity index is 2.07. The van der Waals surface area contributed by atoms with Crippen LogP contribution < -0.4 is 11.1 Å². The molecule has 21 heavy (non-hydrogen) atoms. The highest BCUT2D eigenvalue weighted by molar-refractivity contribution is 7.15. The molecule has 0 bridgehead atoms. The first-order valence-electron chi connectivity index (χ1n) is 7.03. The maximum Gasteiger partial charge on any atom is 0.341 e. The lowest BCUT2D eigenvalue weighted by Gasteiger charge is -2.08. The van der Waals surface area contributed by atoms with Gasteiger partial charge in [-0.25, -0.2) is 4.79 Å². The molecule has 0 aromatic carbocycles. The summed E-state index contributed by atoms with van der Waals surface area (Å²) in [5, 5.41) is 5.19. The molecular weight excluding hydrogens is 292 g/mol. The van der Waals surface area contributed by atoms with E-state index in [0.29, 0.717) is 36.2 Å². The summed E-state index contributed by atoms with van der Waals surface area (Å²) in [5.74, 6) is -0.253. The molecule has 1 aromatic heterocycles. The second-order valence-corrected chi connectivity index (χ2v) is 5.66. The predicted molar refractivity (Wildman–Crippen MR) is 80.8 cm³/mol. The van der Waals surface area contributed by atoms with E-state index in [1.54, 1.807) is 6.92 Å². The van der Waals surface area contributed by atoms with Crippen molar-refractivity contribution in [3.05, 3.63) is 16.5 Å². The SMILES string of the molecule is CCOC(=O)c1c(C2CC2)csc1NC(=O)COCCN. The molecule has 0 radical (unpaired) electrons. The van der Waals surface area contributed by atoms with Gasteiger partial charge in [-0.15, -0.1) is 11.3 Å². The van der Waals surface area contributed by atoms with Gasteiger partial charge in [0.1, 0.15) is 11.6 Å². The van der Waals surface area contributed by atoms with Gasteiger partial charge in [0.2, 0.25) is 0 Å². The lowest BCUT2D eigenvalue weighted by atomic mass is 10.1. The molecule has 0 atom stereocenters.